The molecule has 0 saturated carbocycles. The van der Waals surface area contributed by atoms with Gasteiger partial charge in [-0.15, -0.1) is 0 Å². The van der Waals surface area contributed by atoms with Gasteiger partial charge in [-0.3, -0.25) is 0 Å². The van der Waals surface area contributed by atoms with Crippen LogP contribution in [-0.2, 0) is 16.6 Å². The summed E-state index contributed by atoms with van der Waals surface area (Å²) in [5, 5.41) is 8.61. The minimum Gasteiger partial charge on any atom is -0.212 e. The molecule has 0 spiro atoms. The number of rotatable bonds is 4. The van der Waals surface area contributed by atoms with Crippen LogP contribution in [0.4, 0.5) is 4.39 Å². The third-order valence-electron chi connectivity index (χ3n) is 2.29. The standard InChI is InChI=1S/C13H17FN2O2S/c1-13(2,3)9-19(17,18)16-8-11-5-4-10(7-15)6-12(11)14/h4-6,16H,8-9H2,1-3H3. The van der Waals surface area contributed by atoms with E-state index in [1.165, 1.54) is 12.1 Å². The van der Waals surface area contributed by atoms with Gasteiger partial charge < -0.3 is 0 Å². The van der Waals surface area contributed by atoms with Crippen molar-refractivity contribution in [3.8, 4) is 6.07 Å². The Kier molecular flexibility index (Phi) is 4.66. The fourth-order valence-corrected chi connectivity index (χ4v) is 3.19. The Balaban J connectivity index is 2.75. The van der Waals surface area contributed by atoms with Crippen LogP contribution >= 0.6 is 0 Å². The molecule has 19 heavy (non-hydrogen) atoms. The Morgan fingerprint density at radius 1 is 1.37 bits per heavy atom. The van der Waals surface area contributed by atoms with Crippen LogP contribution in [0.1, 0.15) is 31.9 Å². The molecule has 0 aliphatic heterocycles. The average Bonchev–Trinajstić information content (AvgIpc) is 2.24. The van der Waals surface area contributed by atoms with E-state index < -0.39 is 15.8 Å². The summed E-state index contributed by atoms with van der Waals surface area (Å²) in [5.41, 5.74) is 0.0602. The first-order valence-corrected chi connectivity index (χ1v) is 7.44. The zero-order valence-corrected chi connectivity index (χ0v) is 12.0. The van der Waals surface area contributed by atoms with Crippen LogP contribution in [0.5, 0.6) is 0 Å². The molecule has 0 heterocycles. The summed E-state index contributed by atoms with van der Waals surface area (Å²) in [6.07, 6.45) is 0. The van der Waals surface area contributed by atoms with Gasteiger partial charge in [-0.2, -0.15) is 5.26 Å². The molecule has 1 aromatic rings. The summed E-state index contributed by atoms with van der Waals surface area (Å²) in [6.45, 7) is 5.33. The molecule has 0 radical (unpaired) electrons. The van der Waals surface area contributed by atoms with Gasteiger partial charge in [0.15, 0.2) is 0 Å². The molecule has 0 aliphatic rings. The molecule has 1 aromatic carbocycles. The van der Waals surface area contributed by atoms with E-state index in [0.29, 0.717) is 0 Å². The Morgan fingerprint density at radius 2 is 2.00 bits per heavy atom. The lowest BCUT2D eigenvalue weighted by Crippen LogP contribution is -2.32. The highest BCUT2D eigenvalue weighted by Crippen LogP contribution is 2.16. The van der Waals surface area contributed by atoms with E-state index >= 15 is 0 Å². The van der Waals surface area contributed by atoms with Crippen LogP contribution in [0.15, 0.2) is 18.2 Å². The number of nitrogens with one attached hydrogen (secondary N) is 1. The Morgan fingerprint density at radius 3 is 2.47 bits per heavy atom. The second kappa shape index (κ2) is 5.68. The lowest BCUT2D eigenvalue weighted by Gasteiger charge is -2.18. The largest absolute Gasteiger partial charge is 0.212 e. The van der Waals surface area contributed by atoms with Crippen molar-refractivity contribution in [2.24, 2.45) is 5.41 Å². The number of nitriles is 1. The topological polar surface area (TPSA) is 70.0 Å². The number of nitrogens with zero attached hydrogens (tertiary/aromatic N) is 1. The second-order valence-electron chi connectivity index (χ2n) is 5.56. The number of hydrogen-bond acceptors (Lipinski definition) is 3. The SMILES string of the molecule is CC(C)(C)CS(=O)(=O)NCc1ccc(C#N)cc1F. The Hall–Kier alpha value is -1.45. The maximum atomic E-state index is 13.6. The molecule has 0 atom stereocenters. The van der Waals surface area contributed by atoms with Crippen LogP contribution in [0.25, 0.3) is 0 Å². The van der Waals surface area contributed by atoms with Crippen molar-refractivity contribution < 1.29 is 12.8 Å². The molecule has 0 saturated heterocycles. The number of sulfonamides is 1. The van der Waals surface area contributed by atoms with Crippen molar-refractivity contribution in [1.82, 2.24) is 4.72 Å². The average molecular weight is 284 g/mol. The van der Waals surface area contributed by atoms with Gasteiger partial charge in [0, 0.05) is 12.1 Å². The predicted molar refractivity (Wildman–Crippen MR) is 71.2 cm³/mol. The number of hydrogen-bond donors (Lipinski definition) is 1. The summed E-state index contributed by atoms with van der Waals surface area (Å²) >= 11 is 0. The van der Waals surface area contributed by atoms with Gasteiger partial charge in [0.2, 0.25) is 10.0 Å². The molecule has 0 aromatic heterocycles. The lowest BCUT2D eigenvalue weighted by molar-refractivity contribution is 0.457. The fraction of sp³-hybridized carbons (Fsp3) is 0.462. The highest BCUT2D eigenvalue weighted by molar-refractivity contribution is 7.89. The molecule has 0 amide bonds. The van der Waals surface area contributed by atoms with Gasteiger partial charge in [0.05, 0.1) is 17.4 Å². The van der Waals surface area contributed by atoms with Crippen LogP contribution in [-0.4, -0.2) is 14.2 Å². The normalized spacial score (nSPS) is 12.2. The van der Waals surface area contributed by atoms with E-state index in [2.05, 4.69) is 4.72 Å². The van der Waals surface area contributed by atoms with Gasteiger partial charge in [-0.05, 0) is 17.5 Å². The summed E-state index contributed by atoms with van der Waals surface area (Å²) in [7, 11) is -3.45. The highest BCUT2D eigenvalue weighted by atomic mass is 32.2. The Labute approximate surface area is 113 Å². The number of benzene rings is 1. The molecule has 1 N–H and O–H groups in total. The first-order valence-electron chi connectivity index (χ1n) is 5.79. The van der Waals surface area contributed by atoms with Crippen LogP contribution in [0.3, 0.4) is 0 Å². The smallest absolute Gasteiger partial charge is 0.212 e. The van der Waals surface area contributed by atoms with Gasteiger partial charge in [-0.25, -0.2) is 17.5 Å². The van der Waals surface area contributed by atoms with Gasteiger partial charge in [0.1, 0.15) is 5.82 Å². The minimum atomic E-state index is -3.45. The molecule has 104 valence electrons. The highest BCUT2D eigenvalue weighted by Gasteiger charge is 2.21. The molecule has 0 fully saturated rings. The zero-order valence-electron chi connectivity index (χ0n) is 11.2. The van der Waals surface area contributed by atoms with Crippen molar-refractivity contribution in [2.45, 2.75) is 27.3 Å². The van der Waals surface area contributed by atoms with Crippen molar-refractivity contribution in [3.05, 3.63) is 35.1 Å². The summed E-state index contributed by atoms with van der Waals surface area (Å²) < 4.78 is 39.5. The van der Waals surface area contributed by atoms with Crippen molar-refractivity contribution in [2.75, 3.05) is 5.75 Å². The van der Waals surface area contributed by atoms with E-state index in [-0.39, 0.29) is 28.8 Å². The maximum Gasteiger partial charge on any atom is 0.212 e. The molecule has 4 nitrogen and oxygen atoms in total. The van der Waals surface area contributed by atoms with Crippen molar-refractivity contribution >= 4 is 10.0 Å². The van der Waals surface area contributed by atoms with Crippen LogP contribution in [0.2, 0.25) is 0 Å². The molecule has 1 rings (SSSR count). The summed E-state index contributed by atoms with van der Waals surface area (Å²) in [6, 6.07) is 5.78. The maximum absolute atomic E-state index is 13.6. The Bertz CT molecular complexity index is 598. The van der Waals surface area contributed by atoms with E-state index in [0.717, 1.165) is 6.07 Å². The van der Waals surface area contributed by atoms with E-state index in [1.807, 2.05) is 26.8 Å². The first kappa shape index (κ1) is 15.6. The van der Waals surface area contributed by atoms with Crippen molar-refractivity contribution in [3.63, 3.8) is 0 Å². The van der Waals surface area contributed by atoms with E-state index in [9.17, 15) is 12.8 Å². The summed E-state index contributed by atoms with van der Waals surface area (Å²) in [5.74, 6) is -0.616. The van der Waals surface area contributed by atoms with Gasteiger partial charge in [0.25, 0.3) is 0 Å². The van der Waals surface area contributed by atoms with E-state index in [1.54, 1.807) is 0 Å². The van der Waals surface area contributed by atoms with Crippen molar-refractivity contribution in [1.29, 1.82) is 5.26 Å². The predicted octanol–water partition coefficient (Wildman–Crippen LogP) is 2.16. The third kappa shape index (κ3) is 5.37. The zero-order chi connectivity index (χ0) is 14.7. The van der Waals surface area contributed by atoms with Gasteiger partial charge in [-0.1, -0.05) is 26.8 Å². The quantitative estimate of drug-likeness (QED) is 0.921. The van der Waals surface area contributed by atoms with Crippen LogP contribution in [0, 0.1) is 22.6 Å². The third-order valence-corrected chi connectivity index (χ3v) is 4.12. The monoisotopic (exact) mass is 284 g/mol. The first-order chi connectivity index (χ1) is 8.63. The lowest BCUT2D eigenvalue weighted by atomic mass is 10.0. The second-order valence-corrected chi connectivity index (χ2v) is 7.37. The fourth-order valence-electron chi connectivity index (χ4n) is 1.57. The van der Waals surface area contributed by atoms with Crippen LogP contribution < -0.4 is 4.72 Å². The molecule has 6 heteroatoms. The molecular weight excluding hydrogens is 267 g/mol. The molecule has 0 unspecified atom stereocenters. The van der Waals surface area contributed by atoms with E-state index in [4.69, 9.17) is 5.26 Å². The number of halogens is 1. The molecule has 0 bridgehead atoms. The molecular formula is C13H17FN2O2S. The summed E-state index contributed by atoms with van der Waals surface area (Å²) in [4.78, 5) is 0. The van der Waals surface area contributed by atoms with Gasteiger partial charge >= 0.3 is 0 Å². The molecule has 0 aliphatic carbocycles. The minimum absolute atomic E-state index is 0.0299.